The molecule has 1 N–H and O–H groups in total. The number of nitrogens with one attached hydrogen (secondary N) is 1. The molecule has 1 aromatic heterocycles. The topological polar surface area (TPSA) is 65.5 Å². The zero-order chi connectivity index (χ0) is 40.9. The van der Waals surface area contributed by atoms with Crippen LogP contribution < -0.4 is 15.8 Å². The summed E-state index contributed by atoms with van der Waals surface area (Å²) in [4.78, 5) is 9.71. The highest BCUT2D eigenvalue weighted by molar-refractivity contribution is 6.16. The van der Waals surface area contributed by atoms with Crippen LogP contribution in [-0.2, 0) is 0 Å². The summed E-state index contributed by atoms with van der Waals surface area (Å²) < 4.78 is 88.3. The minimum Gasteiger partial charge on any atom is -0.324 e. The highest BCUT2D eigenvalue weighted by Crippen LogP contribution is 2.41. The smallest absolute Gasteiger partial charge is 0.324 e. The fourth-order valence-corrected chi connectivity index (χ4v) is 7.64. The largest absolute Gasteiger partial charge is 0.416 e. The summed E-state index contributed by atoms with van der Waals surface area (Å²) in [6.07, 6.45) is -9.75. The summed E-state index contributed by atoms with van der Waals surface area (Å²) in [5, 5.41) is 15.0. The van der Waals surface area contributed by atoms with Crippen LogP contribution in [0.25, 0.3) is 50.0 Å². The standard InChI is InChI=1S/C48H29F6N5/c49-47(50,51)34-19-22-37(41(26-34)48(52,53)54)36-23-20-35(27-40(36)46-57-44(30-11-3-1-4-12-30)56-45(58-46)31-13-5-2-6-14-31)59-42-17-8-7-16-38(42)39-21-18-33(25-43(39)59)32-15-9-10-29(24-32)28-55/h1-21,23-27H,22H2,(H,56,57,58). The van der Waals surface area contributed by atoms with Crippen molar-refractivity contribution < 1.29 is 26.3 Å². The second kappa shape index (κ2) is 14.5. The van der Waals surface area contributed by atoms with Gasteiger partial charge < -0.3 is 9.88 Å². The molecular weight excluding hydrogens is 761 g/mol. The first-order valence-electron chi connectivity index (χ1n) is 18.5. The van der Waals surface area contributed by atoms with Gasteiger partial charge in [0.1, 0.15) is 11.7 Å². The van der Waals surface area contributed by atoms with Crippen molar-refractivity contribution in [3.8, 4) is 22.9 Å². The summed E-state index contributed by atoms with van der Waals surface area (Å²) >= 11 is 0. The molecule has 0 unspecified atom stereocenters. The molecule has 0 amide bonds. The van der Waals surface area contributed by atoms with Gasteiger partial charge in [-0.25, -0.2) is 9.98 Å². The SMILES string of the molecule is N#Cc1cccc(-c2ccc3c4ccccc4n(-c4ccc(=C5CC=C(C(F)(F)F)C=C5C(F)(F)F)c(=C5N=C(c6ccccc6)N=C(c6ccccc6)N5)c4)c3c2)c1. The number of nitrogens with zero attached hydrogens (tertiary/aromatic N) is 4. The molecule has 7 aromatic rings. The minimum atomic E-state index is -5.11. The van der Waals surface area contributed by atoms with Gasteiger partial charge in [-0.15, -0.1) is 0 Å². The number of hydrogen-bond donors (Lipinski definition) is 1. The normalized spacial score (nSPS) is 16.5. The van der Waals surface area contributed by atoms with Crippen molar-refractivity contribution >= 4 is 44.9 Å². The Labute approximate surface area is 333 Å². The van der Waals surface area contributed by atoms with E-state index in [1.807, 2.05) is 120 Å². The molecule has 5 nitrogen and oxygen atoms in total. The van der Waals surface area contributed by atoms with Crippen LogP contribution in [0.5, 0.6) is 0 Å². The second-order valence-corrected chi connectivity index (χ2v) is 14.0. The molecule has 2 heterocycles. The van der Waals surface area contributed by atoms with E-state index >= 15 is 0 Å². The molecule has 6 aromatic carbocycles. The van der Waals surface area contributed by atoms with Gasteiger partial charge in [0.05, 0.1) is 33.8 Å². The van der Waals surface area contributed by atoms with Gasteiger partial charge in [-0.1, -0.05) is 115 Å². The molecule has 2 aliphatic rings. The van der Waals surface area contributed by atoms with E-state index < -0.39 is 29.9 Å². The Morgan fingerprint density at radius 3 is 2.00 bits per heavy atom. The van der Waals surface area contributed by atoms with Crippen LogP contribution in [-0.4, -0.2) is 28.6 Å². The van der Waals surface area contributed by atoms with Crippen LogP contribution in [0.1, 0.15) is 23.1 Å². The number of rotatable bonds is 4. The van der Waals surface area contributed by atoms with Crippen LogP contribution >= 0.6 is 0 Å². The zero-order valence-electron chi connectivity index (χ0n) is 30.8. The first-order chi connectivity index (χ1) is 28.5. The molecule has 0 fully saturated rings. The molecule has 9 rings (SSSR count). The van der Waals surface area contributed by atoms with Crippen molar-refractivity contribution in [2.24, 2.45) is 9.98 Å². The Bertz CT molecular complexity index is 3130. The number of fused-ring (bicyclic) bond motifs is 3. The molecule has 1 aliphatic heterocycles. The van der Waals surface area contributed by atoms with Crippen LogP contribution in [0.3, 0.4) is 0 Å². The van der Waals surface area contributed by atoms with Crippen molar-refractivity contribution in [3.05, 3.63) is 196 Å². The quantitative estimate of drug-likeness (QED) is 0.181. The number of aliphatic imine (C=N–C) groups is 2. The highest BCUT2D eigenvalue weighted by atomic mass is 19.4. The number of hydrogen-bond acceptors (Lipinski definition) is 4. The third kappa shape index (κ3) is 6.99. The number of para-hydroxylation sites is 1. The lowest BCUT2D eigenvalue weighted by molar-refractivity contribution is -0.0938. The Hall–Kier alpha value is -7.45. The molecule has 0 saturated carbocycles. The van der Waals surface area contributed by atoms with Crippen LogP contribution in [0.15, 0.2) is 179 Å². The van der Waals surface area contributed by atoms with Gasteiger partial charge >= 0.3 is 12.4 Å². The summed E-state index contributed by atoms with van der Waals surface area (Å²) in [6.45, 7) is 0. The van der Waals surface area contributed by atoms with Gasteiger partial charge in [-0.2, -0.15) is 31.6 Å². The zero-order valence-corrected chi connectivity index (χ0v) is 30.8. The molecule has 0 radical (unpaired) electrons. The number of amidine groups is 2. The van der Waals surface area contributed by atoms with E-state index in [-0.39, 0.29) is 33.7 Å². The second-order valence-electron chi connectivity index (χ2n) is 14.0. The fraction of sp³-hybridized carbons (Fsp3) is 0.0625. The van der Waals surface area contributed by atoms with E-state index in [1.165, 1.54) is 6.07 Å². The van der Waals surface area contributed by atoms with Crippen molar-refractivity contribution in [3.63, 3.8) is 0 Å². The van der Waals surface area contributed by atoms with Gasteiger partial charge in [0.25, 0.3) is 0 Å². The fourth-order valence-electron chi connectivity index (χ4n) is 7.64. The summed E-state index contributed by atoms with van der Waals surface area (Å²) in [5.74, 6) is 0.825. The van der Waals surface area contributed by atoms with Crippen molar-refractivity contribution in [2.45, 2.75) is 18.8 Å². The highest BCUT2D eigenvalue weighted by Gasteiger charge is 2.42. The lowest BCUT2D eigenvalue weighted by Crippen LogP contribution is -2.39. The molecule has 0 atom stereocenters. The molecule has 59 heavy (non-hydrogen) atoms. The summed E-state index contributed by atoms with van der Waals surface area (Å²) in [6, 6.07) is 46.3. The maximum atomic E-state index is 14.9. The Morgan fingerprint density at radius 2 is 1.27 bits per heavy atom. The molecule has 0 saturated heterocycles. The number of allylic oxidation sites excluding steroid dienone is 4. The lowest BCUT2D eigenvalue weighted by Gasteiger charge is -2.22. The average molecular weight is 790 g/mol. The molecule has 0 bridgehead atoms. The predicted octanol–water partition coefficient (Wildman–Crippen LogP) is 10.4. The van der Waals surface area contributed by atoms with Crippen molar-refractivity contribution in [2.75, 3.05) is 0 Å². The summed E-state index contributed by atoms with van der Waals surface area (Å²) in [7, 11) is 0. The number of nitriles is 1. The van der Waals surface area contributed by atoms with Crippen LogP contribution in [0.2, 0.25) is 0 Å². The summed E-state index contributed by atoms with van der Waals surface area (Å²) in [5.41, 5.74) is 2.56. The van der Waals surface area contributed by atoms with Crippen LogP contribution in [0.4, 0.5) is 26.3 Å². The Kier molecular flexibility index (Phi) is 9.12. The van der Waals surface area contributed by atoms with E-state index in [2.05, 4.69) is 11.4 Å². The van der Waals surface area contributed by atoms with Crippen molar-refractivity contribution in [1.29, 1.82) is 5.26 Å². The van der Waals surface area contributed by atoms with Crippen LogP contribution in [0, 0.1) is 11.3 Å². The number of alkyl halides is 6. The maximum Gasteiger partial charge on any atom is 0.416 e. The predicted molar refractivity (Wildman–Crippen MR) is 219 cm³/mol. The number of halogens is 6. The van der Waals surface area contributed by atoms with E-state index in [1.54, 1.807) is 24.3 Å². The van der Waals surface area contributed by atoms with E-state index in [0.717, 1.165) is 39.0 Å². The van der Waals surface area contributed by atoms with Gasteiger partial charge in [-0.05, 0) is 70.8 Å². The Balaban J connectivity index is 1.38. The van der Waals surface area contributed by atoms with Gasteiger partial charge in [0, 0.05) is 32.8 Å². The first-order valence-corrected chi connectivity index (χ1v) is 18.5. The monoisotopic (exact) mass is 789 g/mol. The lowest BCUT2D eigenvalue weighted by atomic mass is 9.90. The third-order valence-electron chi connectivity index (χ3n) is 10.4. The number of benzene rings is 6. The van der Waals surface area contributed by atoms with Gasteiger partial charge in [0.2, 0.25) is 0 Å². The molecule has 0 spiro atoms. The van der Waals surface area contributed by atoms with Gasteiger partial charge in [0.15, 0.2) is 5.84 Å². The van der Waals surface area contributed by atoms with Crippen molar-refractivity contribution in [1.82, 2.24) is 9.88 Å². The van der Waals surface area contributed by atoms with E-state index in [9.17, 15) is 31.6 Å². The van der Waals surface area contributed by atoms with Gasteiger partial charge in [-0.3, -0.25) is 0 Å². The van der Waals surface area contributed by atoms with E-state index in [4.69, 9.17) is 9.98 Å². The third-order valence-corrected chi connectivity index (χ3v) is 10.4. The Morgan fingerprint density at radius 1 is 0.593 bits per heavy atom. The molecule has 288 valence electrons. The number of aromatic nitrogens is 1. The maximum absolute atomic E-state index is 14.9. The first kappa shape index (κ1) is 37.1. The molecule has 1 aliphatic carbocycles. The molecular formula is C48H29F6N5. The van der Waals surface area contributed by atoms with E-state index in [0.29, 0.717) is 28.2 Å². The molecule has 11 heteroatoms. The minimum absolute atomic E-state index is 0.0533. The average Bonchev–Trinajstić information content (AvgIpc) is 3.59.